The van der Waals surface area contributed by atoms with E-state index in [9.17, 15) is 24.3 Å². The molecule has 3 rings (SSSR count). The Hall–Kier alpha value is -2.97. The van der Waals surface area contributed by atoms with Crippen LogP contribution in [0.1, 0.15) is 56.1 Å². The lowest BCUT2D eigenvalue weighted by Crippen LogP contribution is -2.39. The van der Waals surface area contributed by atoms with E-state index in [1.54, 1.807) is 19.9 Å². The van der Waals surface area contributed by atoms with Crippen LogP contribution in [0.5, 0.6) is 0 Å². The van der Waals surface area contributed by atoms with E-state index in [4.69, 9.17) is 0 Å². The molecule has 1 amide bonds. The average molecular weight is 388 g/mol. The van der Waals surface area contributed by atoms with E-state index in [1.807, 2.05) is 13.8 Å². The predicted octanol–water partition coefficient (Wildman–Crippen LogP) is 1.16. The molecule has 0 radical (unpaired) electrons. The van der Waals surface area contributed by atoms with Crippen molar-refractivity contribution >= 4 is 22.9 Å². The summed E-state index contributed by atoms with van der Waals surface area (Å²) in [4.78, 5) is 57.7. The number of hydrogen-bond acceptors (Lipinski definition) is 5. The van der Waals surface area contributed by atoms with Crippen molar-refractivity contribution in [3.05, 3.63) is 38.2 Å². The zero-order valence-corrected chi connectivity index (χ0v) is 16.4. The summed E-state index contributed by atoms with van der Waals surface area (Å²) in [6.07, 6.45) is 0.359. The molecule has 0 saturated carbocycles. The van der Waals surface area contributed by atoms with E-state index in [-0.39, 0.29) is 29.1 Å². The van der Waals surface area contributed by atoms with Crippen LogP contribution in [0.3, 0.4) is 0 Å². The quantitative estimate of drug-likeness (QED) is 0.810. The number of pyridine rings is 1. The highest BCUT2D eigenvalue weighted by Crippen LogP contribution is 2.28. The molecule has 2 N–H and O–H groups in total. The van der Waals surface area contributed by atoms with Crippen molar-refractivity contribution in [2.24, 2.45) is 5.92 Å². The molecule has 150 valence electrons. The first-order valence-electron chi connectivity index (χ1n) is 9.38. The number of fused-ring (bicyclic) bond motifs is 1. The number of hydrogen-bond donors (Lipinski definition) is 2. The van der Waals surface area contributed by atoms with Gasteiger partial charge in [0.25, 0.3) is 11.5 Å². The van der Waals surface area contributed by atoms with Gasteiger partial charge in [-0.05, 0) is 32.3 Å². The Kier molecular flexibility index (Phi) is 5.10. The second kappa shape index (κ2) is 7.21. The van der Waals surface area contributed by atoms with Gasteiger partial charge in [-0.1, -0.05) is 13.8 Å². The number of aromatic amines is 1. The molecule has 9 nitrogen and oxygen atoms in total. The molecule has 1 aliphatic heterocycles. The highest BCUT2D eigenvalue weighted by atomic mass is 16.4. The number of amides is 1. The topological polar surface area (TPSA) is 125 Å². The summed E-state index contributed by atoms with van der Waals surface area (Å²) in [5.74, 6) is -2.03. The monoisotopic (exact) mass is 388 g/mol. The number of aliphatic carboxylic acids is 1. The number of nitrogens with one attached hydrogen (secondary N) is 1. The third kappa shape index (κ3) is 3.10. The molecule has 1 fully saturated rings. The van der Waals surface area contributed by atoms with Crippen LogP contribution >= 0.6 is 0 Å². The fourth-order valence-electron chi connectivity index (χ4n) is 3.76. The lowest BCUT2D eigenvalue weighted by atomic mass is 10.0. The summed E-state index contributed by atoms with van der Waals surface area (Å²) in [5.41, 5.74) is -0.336. The number of carboxylic acid groups (broad SMARTS) is 1. The number of H-pyrrole nitrogens is 1. The molecule has 2 atom stereocenters. The van der Waals surface area contributed by atoms with Gasteiger partial charge in [0, 0.05) is 24.8 Å². The molecular weight excluding hydrogens is 364 g/mol. The fourth-order valence-corrected chi connectivity index (χ4v) is 3.76. The Balaban J connectivity index is 2.25. The van der Waals surface area contributed by atoms with Crippen molar-refractivity contribution in [2.75, 3.05) is 6.54 Å². The van der Waals surface area contributed by atoms with Gasteiger partial charge in [-0.3, -0.25) is 23.9 Å². The summed E-state index contributed by atoms with van der Waals surface area (Å²) in [6, 6.07) is 1.09. The molecule has 0 aliphatic carbocycles. The fraction of sp³-hybridized carbons (Fsp3) is 0.526. The van der Waals surface area contributed by atoms with Gasteiger partial charge in [0.1, 0.15) is 0 Å². The summed E-state index contributed by atoms with van der Waals surface area (Å²) in [6.45, 7) is 7.84. The van der Waals surface area contributed by atoms with Crippen LogP contribution in [-0.2, 0) is 11.3 Å². The van der Waals surface area contributed by atoms with E-state index in [2.05, 4.69) is 9.97 Å². The summed E-state index contributed by atoms with van der Waals surface area (Å²) in [7, 11) is 0. The number of carbonyl (C=O) groups excluding carboxylic acids is 1. The van der Waals surface area contributed by atoms with Gasteiger partial charge in [-0.25, -0.2) is 9.78 Å². The Morgan fingerprint density at radius 3 is 2.57 bits per heavy atom. The molecule has 0 spiro atoms. The lowest BCUT2D eigenvalue weighted by Gasteiger charge is -2.24. The van der Waals surface area contributed by atoms with Crippen LogP contribution in [0.2, 0.25) is 0 Å². The van der Waals surface area contributed by atoms with E-state index in [0.717, 1.165) is 0 Å². The largest absolute Gasteiger partial charge is 0.481 e. The van der Waals surface area contributed by atoms with Gasteiger partial charge in [0.15, 0.2) is 5.65 Å². The minimum Gasteiger partial charge on any atom is -0.481 e. The van der Waals surface area contributed by atoms with Crippen molar-refractivity contribution in [1.29, 1.82) is 0 Å². The number of rotatable bonds is 4. The molecule has 28 heavy (non-hydrogen) atoms. The molecule has 3 heterocycles. The van der Waals surface area contributed by atoms with Crippen molar-refractivity contribution in [1.82, 2.24) is 19.4 Å². The number of likely N-dealkylation sites (tertiary alicyclic amines) is 1. The molecule has 0 bridgehead atoms. The minimum absolute atomic E-state index is 0.0292. The molecule has 2 aromatic heterocycles. The smallest absolute Gasteiger partial charge is 0.329 e. The van der Waals surface area contributed by atoms with E-state index in [1.165, 1.54) is 9.47 Å². The third-order valence-electron chi connectivity index (χ3n) is 5.44. The number of carbonyl (C=O) groups is 2. The normalized spacial score (nSPS) is 19.5. The predicted molar refractivity (Wildman–Crippen MR) is 103 cm³/mol. The average Bonchev–Trinajstić information content (AvgIpc) is 3.01. The van der Waals surface area contributed by atoms with Gasteiger partial charge in [0.2, 0.25) is 0 Å². The number of aryl methyl sites for hydroxylation is 1. The van der Waals surface area contributed by atoms with Crippen LogP contribution < -0.4 is 11.2 Å². The van der Waals surface area contributed by atoms with Crippen molar-refractivity contribution in [2.45, 2.75) is 52.6 Å². The third-order valence-corrected chi connectivity index (χ3v) is 5.44. The van der Waals surface area contributed by atoms with Crippen molar-refractivity contribution in [3.63, 3.8) is 0 Å². The van der Waals surface area contributed by atoms with E-state index >= 15 is 0 Å². The van der Waals surface area contributed by atoms with Gasteiger partial charge in [0.05, 0.1) is 16.9 Å². The highest BCUT2D eigenvalue weighted by molar-refractivity contribution is 6.05. The Labute approximate surface area is 161 Å². The first kappa shape index (κ1) is 19.8. The Morgan fingerprint density at radius 2 is 2.04 bits per heavy atom. The SMILES string of the molecule is CCn1c(=O)[nH]c(=O)c2c(C(=O)N3CCC(C(=O)O)C3C)cc(C(C)C)nc21. The lowest BCUT2D eigenvalue weighted by molar-refractivity contribution is -0.142. The zero-order valence-electron chi connectivity index (χ0n) is 16.4. The second-order valence-electron chi connectivity index (χ2n) is 7.42. The Bertz CT molecular complexity index is 1070. The maximum atomic E-state index is 13.3. The molecule has 0 aromatic carbocycles. The van der Waals surface area contributed by atoms with E-state index in [0.29, 0.717) is 18.7 Å². The molecular formula is C19H24N4O5. The van der Waals surface area contributed by atoms with Crippen LogP contribution in [0.15, 0.2) is 15.7 Å². The van der Waals surface area contributed by atoms with Gasteiger partial charge >= 0.3 is 11.7 Å². The van der Waals surface area contributed by atoms with Gasteiger partial charge in [-0.15, -0.1) is 0 Å². The maximum absolute atomic E-state index is 13.3. The summed E-state index contributed by atoms with van der Waals surface area (Å²) in [5, 5.41) is 9.40. The molecule has 1 aliphatic rings. The van der Waals surface area contributed by atoms with Crippen LogP contribution in [-0.4, -0.2) is 49.0 Å². The first-order valence-corrected chi connectivity index (χ1v) is 9.38. The maximum Gasteiger partial charge on any atom is 0.329 e. The van der Waals surface area contributed by atoms with Crippen LogP contribution in [0.25, 0.3) is 11.0 Å². The van der Waals surface area contributed by atoms with Gasteiger partial charge < -0.3 is 10.0 Å². The number of carboxylic acids is 1. The Morgan fingerprint density at radius 1 is 1.36 bits per heavy atom. The zero-order chi connectivity index (χ0) is 20.7. The number of aromatic nitrogens is 3. The standard InChI is InChI=1S/C19H24N4O5/c1-5-22-15-14(16(24)21-19(22)28)12(8-13(20-15)9(2)3)17(25)23-7-6-11(10(23)4)18(26)27/h8-11H,5-7H2,1-4H3,(H,26,27)(H,21,24,28). The molecule has 9 heteroatoms. The molecule has 2 aromatic rings. The van der Waals surface area contributed by atoms with Crippen molar-refractivity contribution < 1.29 is 14.7 Å². The summed E-state index contributed by atoms with van der Waals surface area (Å²) < 4.78 is 1.33. The second-order valence-corrected chi connectivity index (χ2v) is 7.42. The molecule has 1 saturated heterocycles. The minimum atomic E-state index is -0.942. The molecule has 2 unspecified atom stereocenters. The van der Waals surface area contributed by atoms with Gasteiger partial charge in [-0.2, -0.15) is 0 Å². The van der Waals surface area contributed by atoms with Crippen LogP contribution in [0, 0.1) is 5.92 Å². The van der Waals surface area contributed by atoms with Crippen molar-refractivity contribution in [3.8, 4) is 0 Å². The number of nitrogens with zero attached hydrogens (tertiary/aromatic N) is 3. The van der Waals surface area contributed by atoms with E-state index < -0.39 is 35.1 Å². The summed E-state index contributed by atoms with van der Waals surface area (Å²) >= 11 is 0. The van der Waals surface area contributed by atoms with Crippen LogP contribution in [0.4, 0.5) is 0 Å². The highest BCUT2D eigenvalue weighted by Gasteiger charge is 2.39. The first-order chi connectivity index (χ1) is 13.2.